The summed E-state index contributed by atoms with van der Waals surface area (Å²) < 4.78 is 16.5. The summed E-state index contributed by atoms with van der Waals surface area (Å²) in [5.74, 6) is 0.867. The van der Waals surface area contributed by atoms with E-state index >= 15 is 0 Å². The van der Waals surface area contributed by atoms with Crippen molar-refractivity contribution >= 4 is 41.2 Å². The molecule has 204 valence electrons. The Bertz CT molecular complexity index is 1150. The Balaban J connectivity index is 1.89. The molecule has 0 bridgehead atoms. The van der Waals surface area contributed by atoms with Crippen LogP contribution in [0.5, 0.6) is 17.2 Å². The molecule has 9 nitrogen and oxygen atoms in total. The van der Waals surface area contributed by atoms with Crippen molar-refractivity contribution in [1.82, 2.24) is 10.7 Å². The van der Waals surface area contributed by atoms with Crippen LogP contribution in [0.4, 0.5) is 0 Å². The average molecular weight is 563 g/mol. The lowest BCUT2D eigenvalue weighted by Gasteiger charge is -2.19. The van der Waals surface area contributed by atoms with E-state index in [0.29, 0.717) is 52.3 Å². The molecule has 0 fully saturated rings. The van der Waals surface area contributed by atoms with Crippen LogP contribution >= 0.6 is 23.2 Å². The first-order chi connectivity index (χ1) is 18.2. The highest BCUT2D eigenvalue weighted by Crippen LogP contribution is 2.28. The zero-order valence-corrected chi connectivity index (χ0v) is 23.1. The number of hydrazone groups is 1. The predicted octanol–water partition coefficient (Wildman–Crippen LogP) is 5.13. The fourth-order valence-corrected chi connectivity index (χ4v) is 3.79. The number of carbonyl (C=O) groups is 2. The van der Waals surface area contributed by atoms with Crippen LogP contribution in [0.2, 0.25) is 10.0 Å². The van der Waals surface area contributed by atoms with E-state index in [1.54, 1.807) is 36.4 Å². The highest BCUT2D eigenvalue weighted by molar-refractivity contribution is 6.35. The topological polar surface area (TPSA) is 122 Å². The van der Waals surface area contributed by atoms with Gasteiger partial charge in [0.25, 0.3) is 5.91 Å². The number of hydrogen-bond donors (Lipinski definition) is 2. The Labute approximate surface area is 233 Å². The van der Waals surface area contributed by atoms with E-state index in [-0.39, 0.29) is 31.5 Å². The van der Waals surface area contributed by atoms with E-state index in [1.165, 1.54) is 6.21 Å². The maximum absolute atomic E-state index is 12.8. The third kappa shape index (κ3) is 10.9. The van der Waals surface area contributed by atoms with Crippen molar-refractivity contribution in [1.29, 1.82) is 5.26 Å². The molecule has 0 aliphatic rings. The molecule has 0 unspecified atom stereocenters. The molecule has 0 aromatic heterocycles. The number of carbonyl (C=O) groups excluding carboxylic acids is 2. The summed E-state index contributed by atoms with van der Waals surface area (Å²) in [4.78, 5) is 25.3. The van der Waals surface area contributed by atoms with Gasteiger partial charge in [-0.05, 0) is 67.6 Å². The first-order valence-electron chi connectivity index (χ1n) is 12.2. The van der Waals surface area contributed by atoms with Gasteiger partial charge in [0.15, 0.2) is 18.1 Å². The molecule has 0 spiro atoms. The average Bonchev–Trinajstić information content (AvgIpc) is 2.86. The van der Waals surface area contributed by atoms with Crippen molar-refractivity contribution < 1.29 is 23.8 Å². The molecule has 11 heteroatoms. The number of benzene rings is 2. The van der Waals surface area contributed by atoms with Gasteiger partial charge < -0.3 is 19.5 Å². The van der Waals surface area contributed by atoms with Gasteiger partial charge >= 0.3 is 0 Å². The molecule has 0 aliphatic heterocycles. The molecule has 0 radical (unpaired) electrons. The lowest BCUT2D eigenvalue weighted by atomic mass is 10.0. The van der Waals surface area contributed by atoms with Crippen LogP contribution in [0, 0.1) is 17.2 Å². The summed E-state index contributed by atoms with van der Waals surface area (Å²) in [6.07, 6.45) is 2.53. The van der Waals surface area contributed by atoms with E-state index in [9.17, 15) is 9.59 Å². The molecule has 0 saturated heterocycles. The fraction of sp³-hybridized carbons (Fsp3) is 0.407. The second kappa shape index (κ2) is 16.4. The van der Waals surface area contributed by atoms with Gasteiger partial charge in [0.1, 0.15) is 17.9 Å². The van der Waals surface area contributed by atoms with Gasteiger partial charge in [-0.2, -0.15) is 10.4 Å². The molecule has 2 amide bonds. The molecule has 2 aromatic rings. The highest BCUT2D eigenvalue weighted by Gasteiger charge is 2.21. The van der Waals surface area contributed by atoms with Gasteiger partial charge in [-0.15, -0.1) is 0 Å². The minimum atomic E-state index is -0.743. The zero-order chi connectivity index (χ0) is 27.9. The maximum Gasteiger partial charge on any atom is 0.262 e. The van der Waals surface area contributed by atoms with Crippen molar-refractivity contribution in [3.8, 4) is 23.3 Å². The van der Waals surface area contributed by atoms with E-state index in [1.807, 2.05) is 26.8 Å². The first kappa shape index (κ1) is 30.7. The second-order valence-electron chi connectivity index (χ2n) is 8.60. The van der Waals surface area contributed by atoms with Crippen LogP contribution in [-0.4, -0.2) is 43.9 Å². The van der Waals surface area contributed by atoms with Crippen molar-refractivity contribution in [3.63, 3.8) is 0 Å². The maximum atomic E-state index is 12.8. The van der Waals surface area contributed by atoms with Gasteiger partial charge in [-0.1, -0.05) is 37.0 Å². The summed E-state index contributed by atoms with van der Waals surface area (Å²) >= 11 is 12.0. The lowest BCUT2D eigenvalue weighted by molar-refractivity contribution is -0.129. The SMILES string of the molecule is CCOc1cc(/C=N\NC(=O)[C@H](CC(C)C)NC(=O)CCCOc2ccc(Cl)cc2Cl)ccc1OCC#N. The Morgan fingerprint density at radius 3 is 2.53 bits per heavy atom. The number of amides is 2. The molecule has 38 heavy (non-hydrogen) atoms. The highest BCUT2D eigenvalue weighted by atomic mass is 35.5. The monoisotopic (exact) mass is 562 g/mol. The van der Waals surface area contributed by atoms with Crippen LogP contribution in [0.1, 0.15) is 45.6 Å². The predicted molar refractivity (Wildman–Crippen MR) is 147 cm³/mol. The van der Waals surface area contributed by atoms with Crippen molar-refractivity contribution in [3.05, 3.63) is 52.0 Å². The number of rotatable bonds is 15. The molecule has 0 aliphatic carbocycles. The van der Waals surface area contributed by atoms with E-state index in [4.69, 9.17) is 42.7 Å². The number of nitrogens with zero attached hydrogens (tertiary/aromatic N) is 2. The lowest BCUT2D eigenvalue weighted by Crippen LogP contribution is -2.46. The third-order valence-corrected chi connectivity index (χ3v) is 5.54. The Hall–Kier alpha value is -3.48. The summed E-state index contributed by atoms with van der Waals surface area (Å²) in [6, 6.07) is 11.2. The summed E-state index contributed by atoms with van der Waals surface area (Å²) in [7, 11) is 0. The molecular weight excluding hydrogens is 531 g/mol. The molecule has 0 saturated carbocycles. The normalized spacial score (nSPS) is 11.6. The Morgan fingerprint density at radius 1 is 1.08 bits per heavy atom. The fourth-order valence-electron chi connectivity index (χ4n) is 3.33. The second-order valence-corrected chi connectivity index (χ2v) is 9.44. The smallest absolute Gasteiger partial charge is 0.262 e. The minimum Gasteiger partial charge on any atom is -0.492 e. The van der Waals surface area contributed by atoms with Gasteiger partial charge in [0, 0.05) is 11.4 Å². The standard InChI is InChI=1S/C27H32Cl2N4O5/c1-4-36-25-15-19(7-9-24(25)38-13-11-30)17-31-33-27(35)22(14-18(2)3)32-26(34)6-5-12-37-23-10-8-20(28)16-21(23)29/h7-10,15-18,22H,4-6,12-14H2,1-3H3,(H,32,34)(H,33,35)/b31-17-/t22-/m0/s1. The molecule has 2 aromatic carbocycles. The molecule has 1 atom stereocenters. The number of nitriles is 1. The van der Waals surface area contributed by atoms with E-state index in [2.05, 4.69) is 15.8 Å². The van der Waals surface area contributed by atoms with Gasteiger partial charge in [-0.3, -0.25) is 9.59 Å². The van der Waals surface area contributed by atoms with Crippen LogP contribution in [0.25, 0.3) is 0 Å². The van der Waals surface area contributed by atoms with Crippen molar-refractivity contribution in [2.45, 2.75) is 46.1 Å². The number of nitrogens with one attached hydrogen (secondary N) is 2. The summed E-state index contributed by atoms with van der Waals surface area (Å²) in [5, 5.41) is 16.4. The van der Waals surface area contributed by atoms with Crippen LogP contribution in [-0.2, 0) is 9.59 Å². The van der Waals surface area contributed by atoms with Crippen LogP contribution < -0.4 is 25.0 Å². The molecule has 2 rings (SSSR count). The van der Waals surface area contributed by atoms with Crippen molar-refractivity contribution in [2.24, 2.45) is 11.0 Å². The Kier molecular flexibility index (Phi) is 13.3. The third-order valence-electron chi connectivity index (χ3n) is 5.01. The minimum absolute atomic E-state index is 0.101. The van der Waals surface area contributed by atoms with Gasteiger partial charge in [-0.25, -0.2) is 5.43 Å². The van der Waals surface area contributed by atoms with Crippen molar-refractivity contribution in [2.75, 3.05) is 19.8 Å². The first-order valence-corrected chi connectivity index (χ1v) is 13.0. The molecule has 2 N–H and O–H groups in total. The van der Waals surface area contributed by atoms with Crippen LogP contribution in [0.15, 0.2) is 41.5 Å². The summed E-state index contributed by atoms with van der Waals surface area (Å²) in [5.41, 5.74) is 3.15. The summed E-state index contributed by atoms with van der Waals surface area (Å²) in [6.45, 7) is 6.36. The zero-order valence-electron chi connectivity index (χ0n) is 21.6. The van der Waals surface area contributed by atoms with E-state index in [0.717, 1.165) is 0 Å². The van der Waals surface area contributed by atoms with Gasteiger partial charge in [0.05, 0.1) is 24.5 Å². The number of hydrogen-bond acceptors (Lipinski definition) is 7. The van der Waals surface area contributed by atoms with E-state index < -0.39 is 11.9 Å². The number of halogens is 2. The van der Waals surface area contributed by atoms with Gasteiger partial charge in [0.2, 0.25) is 5.91 Å². The quantitative estimate of drug-likeness (QED) is 0.176. The largest absolute Gasteiger partial charge is 0.492 e. The molecular formula is C27H32Cl2N4O5. The number of ether oxygens (including phenoxy) is 3. The van der Waals surface area contributed by atoms with Crippen LogP contribution in [0.3, 0.4) is 0 Å². The Morgan fingerprint density at radius 2 is 1.84 bits per heavy atom. The molecule has 0 heterocycles.